The van der Waals surface area contributed by atoms with Gasteiger partial charge in [0.05, 0.1) is 12.9 Å². The van der Waals surface area contributed by atoms with Crippen LogP contribution in [-0.2, 0) is 18.7 Å². The number of methoxy groups -OCH3 is 1. The number of nitrogens with zero attached hydrogens (tertiary/aromatic N) is 4. The molecule has 0 unspecified atom stereocenters. The van der Waals surface area contributed by atoms with Gasteiger partial charge in [0.15, 0.2) is 4.34 Å². The Morgan fingerprint density at radius 2 is 1.80 bits per heavy atom. The largest absolute Gasteiger partial charge is 0.497 e. The molecule has 0 aliphatic rings. The molecule has 0 aliphatic carbocycles. The van der Waals surface area contributed by atoms with E-state index in [2.05, 4.69) is 44.7 Å². The minimum atomic E-state index is 0.549. The van der Waals surface area contributed by atoms with E-state index in [4.69, 9.17) is 9.26 Å². The van der Waals surface area contributed by atoms with Crippen molar-refractivity contribution in [1.29, 1.82) is 0 Å². The highest BCUT2D eigenvalue weighted by Crippen LogP contribution is 2.29. The Morgan fingerprint density at radius 3 is 2.53 bits per heavy atom. The van der Waals surface area contributed by atoms with Gasteiger partial charge in [-0.15, -0.1) is 10.2 Å². The summed E-state index contributed by atoms with van der Waals surface area (Å²) in [7, 11) is 1.66. The van der Waals surface area contributed by atoms with Crippen molar-refractivity contribution in [1.82, 2.24) is 20.3 Å². The molecule has 0 fully saturated rings. The first-order valence-corrected chi connectivity index (χ1v) is 11.3. The van der Waals surface area contributed by atoms with Gasteiger partial charge in [-0.05, 0) is 29.7 Å². The summed E-state index contributed by atoms with van der Waals surface area (Å²) >= 11 is 3.03. The Kier molecular flexibility index (Phi) is 6.60. The van der Waals surface area contributed by atoms with Gasteiger partial charge in [-0.2, -0.15) is 4.98 Å². The topological polar surface area (TPSA) is 86.0 Å². The molecule has 0 amide bonds. The smallest absolute Gasteiger partial charge is 0.237 e. The Labute approximate surface area is 182 Å². The third kappa shape index (κ3) is 5.17. The number of hydrogen-bond donors (Lipinski definition) is 1. The first-order chi connectivity index (χ1) is 14.7. The van der Waals surface area contributed by atoms with Crippen molar-refractivity contribution in [3.63, 3.8) is 0 Å². The fourth-order valence-electron chi connectivity index (χ4n) is 2.70. The van der Waals surface area contributed by atoms with Gasteiger partial charge in [-0.25, -0.2) is 0 Å². The zero-order chi connectivity index (χ0) is 20.8. The maximum Gasteiger partial charge on any atom is 0.237 e. The van der Waals surface area contributed by atoms with Crippen LogP contribution in [0.5, 0.6) is 5.75 Å². The van der Waals surface area contributed by atoms with Crippen molar-refractivity contribution in [2.45, 2.75) is 30.0 Å². The zero-order valence-electron chi connectivity index (χ0n) is 16.7. The predicted octanol–water partition coefficient (Wildman–Crippen LogP) is 5.06. The molecule has 2 heterocycles. The molecule has 4 rings (SSSR count). The summed E-state index contributed by atoms with van der Waals surface area (Å²) < 4.78 is 11.4. The average molecular weight is 440 g/mol. The van der Waals surface area contributed by atoms with E-state index in [0.29, 0.717) is 24.0 Å². The zero-order valence-corrected chi connectivity index (χ0v) is 18.3. The van der Waals surface area contributed by atoms with Crippen molar-refractivity contribution in [3.8, 4) is 17.1 Å². The highest BCUT2D eigenvalue weighted by molar-refractivity contribution is 8.00. The van der Waals surface area contributed by atoms with Gasteiger partial charge < -0.3 is 14.6 Å². The van der Waals surface area contributed by atoms with E-state index in [1.165, 1.54) is 28.7 Å². The molecule has 2 aromatic carbocycles. The van der Waals surface area contributed by atoms with Gasteiger partial charge >= 0.3 is 0 Å². The standard InChI is InChI=1S/C21H21N5O2S2/c1-3-14-4-8-16(9-5-14)19-23-18(28-26-19)13-29-21-25-24-20(30-21)22-12-15-6-10-17(27-2)11-7-15/h4-11H,3,12-13H2,1-2H3,(H,22,24). The maximum atomic E-state index is 5.38. The van der Waals surface area contributed by atoms with Crippen LogP contribution >= 0.6 is 23.1 Å². The van der Waals surface area contributed by atoms with Gasteiger partial charge in [0.25, 0.3) is 0 Å². The molecule has 0 spiro atoms. The molecular formula is C21H21N5O2S2. The molecule has 0 radical (unpaired) electrons. The molecule has 0 bridgehead atoms. The number of hydrogen-bond acceptors (Lipinski definition) is 9. The predicted molar refractivity (Wildman–Crippen MR) is 119 cm³/mol. The molecule has 4 aromatic rings. The monoisotopic (exact) mass is 439 g/mol. The van der Waals surface area contributed by atoms with E-state index in [0.717, 1.165) is 32.8 Å². The second-order valence-electron chi connectivity index (χ2n) is 6.43. The number of aromatic nitrogens is 4. The van der Waals surface area contributed by atoms with E-state index >= 15 is 0 Å². The number of anilines is 1. The molecule has 0 saturated carbocycles. The molecular weight excluding hydrogens is 418 g/mol. The van der Waals surface area contributed by atoms with E-state index < -0.39 is 0 Å². The second kappa shape index (κ2) is 9.73. The van der Waals surface area contributed by atoms with E-state index in [1.54, 1.807) is 7.11 Å². The maximum absolute atomic E-state index is 5.38. The molecule has 1 N–H and O–H groups in total. The lowest BCUT2D eigenvalue weighted by Crippen LogP contribution is -1.98. The molecule has 0 aliphatic heterocycles. The third-order valence-electron chi connectivity index (χ3n) is 4.42. The highest BCUT2D eigenvalue weighted by atomic mass is 32.2. The normalized spacial score (nSPS) is 10.9. The van der Waals surface area contributed by atoms with Crippen LogP contribution in [0.15, 0.2) is 57.4 Å². The quantitative estimate of drug-likeness (QED) is 0.362. The molecule has 30 heavy (non-hydrogen) atoms. The number of aryl methyl sites for hydroxylation is 1. The minimum absolute atomic E-state index is 0.549. The average Bonchev–Trinajstić information content (AvgIpc) is 3.46. The third-order valence-corrected chi connectivity index (χ3v) is 6.42. The number of benzene rings is 2. The van der Waals surface area contributed by atoms with Crippen LogP contribution in [0, 0.1) is 0 Å². The Balaban J connectivity index is 1.29. The van der Waals surface area contributed by atoms with Gasteiger partial charge in [-0.3, -0.25) is 0 Å². The summed E-state index contributed by atoms with van der Waals surface area (Å²) in [6, 6.07) is 16.1. The highest BCUT2D eigenvalue weighted by Gasteiger charge is 2.11. The lowest BCUT2D eigenvalue weighted by molar-refractivity contribution is 0.391. The Bertz CT molecular complexity index is 1080. The Morgan fingerprint density at radius 1 is 1.03 bits per heavy atom. The molecule has 0 saturated heterocycles. The number of ether oxygens (including phenoxy) is 1. The van der Waals surface area contributed by atoms with Crippen LogP contribution in [0.1, 0.15) is 23.9 Å². The summed E-state index contributed by atoms with van der Waals surface area (Å²) in [6.07, 6.45) is 1.01. The summed E-state index contributed by atoms with van der Waals surface area (Å²) in [6.45, 7) is 2.80. The summed E-state index contributed by atoms with van der Waals surface area (Å²) in [4.78, 5) is 4.48. The van der Waals surface area contributed by atoms with Crippen molar-refractivity contribution in [2.75, 3.05) is 12.4 Å². The molecule has 0 atom stereocenters. The lowest BCUT2D eigenvalue weighted by atomic mass is 10.1. The van der Waals surface area contributed by atoms with Crippen molar-refractivity contribution in [2.24, 2.45) is 0 Å². The van der Waals surface area contributed by atoms with Crippen molar-refractivity contribution < 1.29 is 9.26 Å². The first kappa shape index (κ1) is 20.4. The van der Waals surface area contributed by atoms with E-state index in [-0.39, 0.29) is 0 Å². The van der Waals surface area contributed by atoms with Gasteiger partial charge in [0.1, 0.15) is 5.75 Å². The number of thioether (sulfide) groups is 1. The minimum Gasteiger partial charge on any atom is -0.497 e. The lowest BCUT2D eigenvalue weighted by Gasteiger charge is -2.03. The molecule has 9 heteroatoms. The summed E-state index contributed by atoms with van der Waals surface area (Å²) in [5.41, 5.74) is 3.38. The van der Waals surface area contributed by atoms with E-state index in [9.17, 15) is 0 Å². The van der Waals surface area contributed by atoms with Gasteiger partial charge in [-0.1, -0.05) is 71.6 Å². The van der Waals surface area contributed by atoms with Crippen LogP contribution in [-0.4, -0.2) is 27.4 Å². The first-order valence-electron chi connectivity index (χ1n) is 9.48. The van der Waals surface area contributed by atoms with Crippen molar-refractivity contribution >= 4 is 28.2 Å². The van der Waals surface area contributed by atoms with Crippen LogP contribution < -0.4 is 10.1 Å². The van der Waals surface area contributed by atoms with Crippen LogP contribution in [0.25, 0.3) is 11.4 Å². The summed E-state index contributed by atoms with van der Waals surface area (Å²) in [5.74, 6) is 2.56. The van der Waals surface area contributed by atoms with Crippen LogP contribution in [0.3, 0.4) is 0 Å². The molecule has 154 valence electrons. The molecule has 2 aromatic heterocycles. The van der Waals surface area contributed by atoms with Crippen molar-refractivity contribution in [3.05, 3.63) is 65.5 Å². The fourth-order valence-corrected chi connectivity index (χ4v) is 4.29. The SMILES string of the molecule is CCc1ccc(-c2noc(CSc3nnc(NCc4ccc(OC)cc4)s3)n2)cc1. The Hall–Kier alpha value is -2.91. The molecule has 7 nitrogen and oxygen atoms in total. The van der Waals surface area contributed by atoms with Crippen LogP contribution in [0.2, 0.25) is 0 Å². The van der Waals surface area contributed by atoms with Gasteiger partial charge in [0, 0.05) is 12.1 Å². The van der Waals surface area contributed by atoms with Crippen LogP contribution in [0.4, 0.5) is 5.13 Å². The second-order valence-corrected chi connectivity index (χ2v) is 8.63. The number of nitrogens with one attached hydrogen (secondary N) is 1. The van der Waals surface area contributed by atoms with E-state index in [1.807, 2.05) is 36.4 Å². The van der Waals surface area contributed by atoms with Gasteiger partial charge in [0.2, 0.25) is 16.8 Å². The fraction of sp³-hybridized carbons (Fsp3) is 0.238. The summed E-state index contributed by atoms with van der Waals surface area (Å²) in [5, 5.41) is 16.6. The number of rotatable bonds is 9.